The fraction of sp³-hybridized carbons (Fsp3) is 0.321. The Bertz CT molecular complexity index is 1450. The van der Waals surface area contributed by atoms with Crippen molar-refractivity contribution in [1.29, 1.82) is 0 Å². The first kappa shape index (κ1) is 25.2. The summed E-state index contributed by atoms with van der Waals surface area (Å²) < 4.78 is 12.5. The zero-order valence-electron chi connectivity index (χ0n) is 21.6. The van der Waals surface area contributed by atoms with Crippen molar-refractivity contribution in [2.45, 2.75) is 25.3 Å². The first-order chi connectivity index (χ1) is 18.5. The van der Waals surface area contributed by atoms with Gasteiger partial charge in [-0.25, -0.2) is 4.98 Å². The monoisotopic (exact) mass is 514 g/mol. The van der Waals surface area contributed by atoms with Gasteiger partial charge in [-0.15, -0.1) is 5.10 Å². The number of hydrogen-bond donors (Lipinski definition) is 1. The van der Waals surface area contributed by atoms with E-state index >= 15 is 0 Å². The molecule has 1 aliphatic rings. The van der Waals surface area contributed by atoms with Gasteiger partial charge in [0, 0.05) is 56.1 Å². The molecule has 2 amide bonds. The van der Waals surface area contributed by atoms with E-state index in [9.17, 15) is 9.59 Å². The van der Waals surface area contributed by atoms with Crippen molar-refractivity contribution in [3.05, 3.63) is 77.7 Å². The number of likely N-dealkylation sites (tertiary alicyclic amines) is 1. The molecular formula is C28H30N6O4. The molecule has 0 unspecified atom stereocenters. The lowest BCUT2D eigenvalue weighted by Gasteiger charge is -2.39. The number of amides is 2. The summed E-state index contributed by atoms with van der Waals surface area (Å²) in [5, 5.41) is 7.45. The number of carbonyl (C=O) groups excluding carboxylic acids is 2. The molecule has 1 aliphatic heterocycles. The number of aromatic nitrogens is 4. The van der Waals surface area contributed by atoms with E-state index in [4.69, 9.17) is 9.47 Å². The van der Waals surface area contributed by atoms with Gasteiger partial charge in [0.05, 0.1) is 19.2 Å². The molecule has 0 spiro atoms. The second kappa shape index (κ2) is 10.9. The highest BCUT2D eigenvalue weighted by Gasteiger charge is 2.34. The van der Waals surface area contributed by atoms with Crippen molar-refractivity contribution in [3.63, 3.8) is 0 Å². The van der Waals surface area contributed by atoms with Crippen LogP contribution < -0.4 is 14.8 Å². The number of rotatable bonds is 7. The molecule has 2 aromatic heterocycles. The third-order valence-corrected chi connectivity index (χ3v) is 6.83. The van der Waals surface area contributed by atoms with E-state index in [1.165, 1.54) is 4.68 Å². The van der Waals surface area contributed by atoms with Crippen molar-refractivity contribution in [1.82, 2.24) is 30.0 Å². The van der Waals surface area contributed by atoms with Crippen LogP contribution in [0, 0.1) is 0 Å². The summed E-state index contributed by atoms with van der Waals surface area (Å²) in [5.74, 6) is 0.475. The van der Waals surface area contributed by atoms with E-state index in [-0.39, 0.29) is 23.8 Å². The van der Waals surface area contributed by atoms with E-state index in [1.807, 2.05) is 42.2 Å². The highest BCUT2D eigenvalue weighted by Crippen LogP contribution is 2.30. The van der Waals surface area contributed by atoms with Gasteiger partial charge in [-0.1, -0.05) is 30.3 Å². The van der Waals surface area contributed by atoms with Crippen LogP contribution in [0.1, 0.15) is 45.7 Å². The van der Waals surface area contributed by atoms with E-state index in [1.54, 1.807) is 44.8 Å². The average Bonchev–Trinajstić information content (AvgIpc) is 3.32. The molecule has 3 heterocycles. The first-order valence-corrected chi connectivity index (χ1v) is 12.6. The van der Waals surface area contributed by atoms with Crippen LogP contribution >= 0.6 is 0 Å². The first-order valence-electron chi connectivity index (χ1n) is 12.6. The van der Waals surface area contributed by atoms with E-state index in [0.29, 0.717) is 60.0 Å². The number of nitrogens with zero attached hydrogens (tertiary/aromatic N) is 5. The van der Waals surface area contributed by atoms with Crippen LogP contribution in [0.15, 0.2) is 60.9 Å². The molecule has 0 bridgehead atoms. The minimum absolute atomic E-state index is 0.0976. The normalized spacial score (nSPS) is 17.3. The molecule has 2 aromatic carbocycles. The van der Waals surface area contributed by atoms with Crippen LogP contribution in [0.4, 0.5) is 0 Å². The Morgan fingerprint density at radius 1 is 1.11 bits per heavy atom. The Balaban J connectivity index is 1.39. The molecule has 10 nitrogen and oxygen atoms in total. The lowest BCUT2D eigenvalue weighted by molar-refractivity contribution is 0.0670. The number of hydrogen-bond acceptors (Lipinski definition) is 7. The second-order valence-corrected chi connectivity index (χ2v) is 9.16. The summed E-state index contributed by atoms with van der Waals surface area (Å²) in [6.45, 7) is 3.28. The number of methoxy groups -OCH3 is 1. The fourth-order valence-corrected chi connectivity index (χ4v) is 4.97. The molecule has 2 atom stereocenters. The zero-order chi connectivity index (χ0) is 26.6. The lowest BCUT2D eigenvalue weighted by atomic mass is 9.85. The number of aryl methyl sites for hydroxylation is 1. The molecule has 38 heavy (non-hydrogen) atoms. The molecule has 4 aromatic rings. The summed E-state index contributed by atoms with van der Waals surface area (Å²) >= 11 is 0. The molecule has 5 rings (SSSR count). The Morgan fingerprint density at radius 2 is 1.89 bits per heavy atom. The van der Waals surface area contributed by atoms with Crippen LogP contribution in [-0.2, 0) is 7.05 Å². The van der Waals surface area contributed by atoms with Gasteiger partial charge in [-0.05, 0) is 31.0 Å². The number of piperidine rings is 1. The number of nitrogens with one attached hydrogen (secondary N) is 1. The maximum absolute atomic E-state index is 13.7. The maximum Gasteiger partial charge on any atom is 0.269 e. The molecule has 0 saturated carbocycles. The van der Waals surface area contributed by atoms with Crippen LogP contribution in [0.2, 0.25) is 0 Å². The van der Waals surface area contributed by atoms with Gasteiger partial charge in [0.2, 0.25) is 5.88 Å². The van der Waals surface area contributed by atoms with Crippen molar-refractivity contribution < 1.29 is 19.1 Å². The Kier molecular flexibility index (Phi) is 7.21. The van der Waals surface area contributed by atoms with Crippen LogP contribution in [-0.4, -0.2) is 69.3 Å². The van der Waals surface area contributed by atoms with Gasteiger partial charge in [0.1, 0.15) is 17.0 Å². The van der Waals surface area contributed by atoms with Gasteiger partial charge in [0.25, 0.3) is 11.8 Å². The lowest BCUT2D eigenvalue weighted by Crippen LogP contribution is -2.51. The fourth-order valence-electron chi connectivity index (χ4n) is 4.97. The summed E-state index contributed by atoms with van der Waals surface area (Å²) in [7, 11) is 3.27. The van der Waals surface area contributed by atoms with Gasteiger partial charge >= 0.3 is 0 Å². The quantitative estimate of drug-likeness (QED) is 0.403. The maximum atomic E-state index is 13.7. The molecule has 1 fully saturated rings. The van der Waals surface area contributed by atoms with Crippen molar-refractivity contribution in [3.8, 4) is 11.6 Å². The van der Waals surface area contributed by atoms with Gasteiger partial charge < -0.3 is 19.7 Å². The molecule has 196 valence electrons. The second-order valence-electron chi connectivity index (χ2n) is 9.16. The topological polar surface area (TPSA) is 111 Å². The minimum atomic E-state index is -0.227. The predicted molar refractivity (Wildman–Crippen MR) is 141 cm³/mol. The molecule has 10 heteroatoms. The Morgan fingerprint density at radius 3 is 2.66 bits per heavy atom. The van der Waals surface area contributed by atoms with Gasteiger partial charge in [-0.2, -0.15) is 0 Å². The van der Waals surface area contributed by atoms with Crippen LogP contribution in [0.3, 0.4) is 0 Å². The highest BCUT2D eigenvalue weighted by molar-refractivity contribution is 5.99. The zero-order valence-corrected chi connectivity index (χ0v) is 21.6. The average molecular weight is 515 g/mol. The smallest absolute Gasteiger partial charge is 0.269 e. The van der Waals surface area contributed by atoms with E-state index in [2.05, 4.69) is 20.4 Å². The summed E-state index contributed by atoms with van der Waals surface area (Å²) in [5.41, 5.74) is 3.17. The third kappa shape index (κ3) is 5.02. The minimum Gasteiger partial charge on any atom is -0.494 e. The number of ether oxygens (including phenoxy) is 2. The number of benzene rings is 2. The number of fused-ring (bicyclic) bond motifs is 1. The van der Waals surface area contributed by atoms with Gasteiger partial charge in [0.15, 0.2) is 0 Å². The van der Waals surface area contributed by atoms with Gasteiger partial charge in [-0.3, -0.25) is 19.3 Å². The number of carbonyl (C=O) groups is 2. The van der Waals surface area contributed by atoms with Crippen molar-refractivity contribution in [2.24, 2.45) is 7.05 Å². The summed E-state index contributed by atoms with van der Waals surface area (Å²) in [6.07, 6.45) is 3.78. The largest absolute Gasteiger partial charge is 0.494 e. The Labute approximate surface area is 220 Å². The molecule has 0 radical (unpaired) electrons. The summed E-state index contributed by atoms with van der Waals surface area (Å²) in [4.78, 5) is 37.4. The molecular weight excluding hydrogens is 484 g/mol. The van der Waals surface area contributed by atoms with Crippen molar-refractivity contribution >= 4 is 22.8 Å². The third-order valence-electron chi connectivity index (χ3n) is 6.83. The van der Waals surface area contributed by atoms with E-state index < -0.39 is 0 Å². The standard InChI is InChI=1S/C28H30N6O4/c1-4-38-25-16-23(33(2)32-25)27(35)31-21-10-13-34(17-20(21)18-8-6-5-7-9-18)28(36)19-14-22-26(24(15-19)37-3)30-12-11-29-22/h5-9,11-12,14-16,20-21H,4,10,13,17H2,1-3H3,(H,31,35)/t20-,21-/m1/s1. The van der Waals surface area contributed by atoms with Crippen LogP contribution in [0.25, 0.3) is 11.0 Å². The summed E-state index contributed by atoms with van der Waals surface area (Å²) in [6, 6.07) is 14.9. The van der Waals surface area contributed by atoms with E-state index in [0.717, 1.165) is 5.56 Å². The predicted octanol–water partition coefficient (Wildman–Crippen LogP) is 3.20. The SMILES string of the molecule is CCOc1cc(C(=O)N[C@@H]2CCN(C(=O)c3cc(OC)c4nccnc4c3)C[C@@H]2c2ccccc2)n(C)n1. The molecule has 1 N–H and O–H groups in total. The molecule has 0 aliphatic carbocycles. The Hall–Kier alpha value is -4.47. The van der Waals surface area contributed by atoms with Crippen molar-refractivity contribution in [2.75, 3.05) is 26.8 Å². The highest BCUT2D eigenvalue weighted by atomic mass is 16.5. The van der Waals surface area contributed by atoms with Crippen LogP contribution in [0.5, 0.6) is 11.6 Å². The molecule has 1 saturated heterocycles.